The van der Waals surface area contributed by atoms with Crippen LogP contribution in [0.3, 0.4) is 0 Å². The fraction of sp³-hybridized carbons (Fsp3) is 0.692. The van der Waals surface area contributed by atoms with Crippen LogP contribution >= 0.6 is 11.3 Å². The van der Waals surface area contributed by atoms with Gasteiger partial charge in [0.1, 0.15) is 0 Å². The molecule has 0 aliphatic carbocycles. The predicted octanol–water partition coefficient (Wildman–Crippen LogP) is 1.75. The molecule has 1 heterocycles. The zero-order chi connectivity index (χ0) is 14.3. The number of aliphatic imine (C=N–C) groups is 1. The van der Waals surface area contributed by atoms with Gasteiger partial charge in [-0.3, -0.25) is 4.99 Å². The van der Waals surface area contributed by atoms with Crippen LogP contribution in [-0.4, -0.2) is 37.2 Å². The lowest BCUT2D eigenvalue weighted by Gasteiger charge is -2.12. The maximum absolute atomic E-state index is 5.79. The SMILES string of the molecule is COCC(C)NC(N)=NCCc1csc(C(C)C)n1. The molecule has 6 heteroatoms. The molecule has 1 atom stereocenters. The highest BCUT2D eigenvalue weighted by Crippen LogP contribution is 2.19. The Labute approximate surface area is 119 Å². The van der Waals surface area contributed by atoms with Gasteiger partial charge in [-0.2, -0.15) is 0 Å². The summed E-state index contributed by atoms with van der Waals surface area (Å²) in [4.78, 5) is 8.85. The Bertz CT molecular complexity index is 403. The summed E-state index contributed by atoms with van der Waals surface area (Å²) in [5.74, 6) is 0.952. The van der Waals surface area contributed by atoms with Crippen molar-refractivity contribution in [3.63, 3.8) is 0 Å². The molecule has 1 aromatic heterocycles. The highest BCUT2D eigenvalue weighted by molar-refractivity contribution is 7.09. The second kappa shape index (κ2) is 8.12. The number of hydrogen-bond acceptors (Lipinski definition) is 4. The lowest BCUT2D eigenvalue weighted by atomic mass is 10.2. The van der Waals surface area contributed by atoms with Crippen LogP contribution in [0, 0.1) is 0 Å². The lowest BCUT2D eigenvalue weighted by Crippen LogP contribution is -2.40. The Morgan fingerprint density at radius 2 is 2.26 bits per heavy atom. The van der Waals surface area contributed by atoms with Gasteiger partial charge in [-0.05, 0) is 6.92 Å². The first kappa shape index (κ1) is 15.9. The number of hydrogen-bond donors (Lipinski definition) is 2. The van der Waals surface area contributed by atoms with Gasteiger partial charge in [0.25, 0.3) is 0 Å². The molecule has 1 rings (SSSR count). The van der Waals surface area contributed by atoms with Crippen molar-refractivity contribution in [2.75, 3.05) is 20.3 Å². The van der Waals surface area contributed by atoms with Crippen molar-refractivity contribution in [3.05, 3.63) is 16.1 Å². The van der Waals surface area contributed by atoms with Crippen molar-refractivity contribution in [3.8, 4) is 0 Å². The first-order valence-corrected chi connectivity index (χ1v) is 7.40. The first-order chi connectivity index (χ1) is 9.02. The predicted molar refractivity (Wildman–Crippen MR) is 80.9 cm³/mol. The number of guanidine groups is 1. The minimum atomic E-state index is 0.167. The van der Waals surface area contributed by atoms with Gasteiger partial charge in [0.05, 0.1) is 17.3 Å². The Morgan fingerprint density at radius 3 is 2.84 bits per heavy atom. The topological polar surface area (TPSA) is 72.5 Å². The molecule has 19 heavy (non-hydrogen) atoms. The number of ether oxygens (including phenoxy) is 1. The lowest BCUT2D eigenvalue weighted by molar-refractivity contribution is 0.179. The molecule has 3 N–H and O–H groups in total. The smallest absolute Gasteiger partial charge is 0.188 e. The van der Waals surface area contributed by atoms with Crippen molar-refractivity contribution in [2.24, 2.45) is 10.7 Å². The maximum Gasteiger partial charge on any atom is 0.188 e. The van der Waals surface area contributed by atoms with E-state index in [4.69, 9.17) is 10.5 Å². The van der Waals surface area contributed by atoms with Crippen molar-refractivity contribution < 1.29 is 4.74 Å². The zero-order valence-corrected chi connectivity index (χ0v) is 13.0. The summed E-state index contributed by atoms with van der Waals surface area (Å²) in [5, 5.41) is 6.35. The van der Waals surface area contributed by atoms with E-state index in [0.717, 1.165) is 12.1 Å². The molecule has 0 saturated carbocycles. The summed E-state index contributed by atoms with van der Waals surface area (Å²) in [5.41, 5.74) is 6.88. The standard InChI is InChI=1S/C13H24N4OS/c1-9(2)12-17-11(8-19-12)5-6-15-13(14)16-10(3)7-18-4/h8-10H,5-7H2,1-4H3,(H3,14,15,16). The average molecular weight is 284 g/mol. The summed E-state index contributed by atoms with van der Waals surface area (Å²) in [7, 11) is 1.67. The molecule has 1 aromatic rings. The summed E-state index contributed by atoms with van der Waals surface area (Å²) in [6, 6.07) is 0.167. The van der Waals surface area contributed by atoms with Crippen molar-refractivity contribution in [2.45, 2.75) is 39.2 Å². The Hall–Kier alpha value is -1.14. The zero-order valence-electron chi connectivity index (χ0n) is 12.1. The van der Waals surface area contributed by atoms with Gasteiger partial charge in [0.15, 0.2) is 5.96 Å². The molecule has 0 saturated heterocycles. The van der Waals surface area contributed by atoms with Gasteiger partial charge in [-0.15, -0.1) is 11.3 Å². The van der Waals surface area contributed by atoms with Crippen LogP contribution in [0.25, 0.3) is 0 Å². The minimum Gasteiger partial charge on any atom is -0.383 e. The molecule has 0 bridgehead atoms. The van der Waals surface area contributed by atoms with E-state index >= 15 is 0 Å². The van der Waals surface area contributed by atoms with E-state index in [1.54, 1.807) is 18.4 Å². The molecule has 5 nitrogen and oxygen atoms in total. The highest BCUT2D eigenvalue weighted by atomic mass is 32.1. The van der Waals surface area contributed by atoms with E-state index in [1.165, 1.54) is 5.01 Å². The number of nitrogens with zero attached hydrogens (tertiary/aromatic N) is 2. The molecule has 0 radical (unpaired) electrons. The van der Waals surface area contributed by atoms with Gasteiger partial charge in [0, 0.05) is 37.4 Å². The van der Waals surface area contributed by atoms with Gasteiger partial charge >= 0.3 is 0 Å². The first-order valence-electron chi connectivity index (χ1n) is 6.52. The van der Waals surface area contributed by atoms with Gasteiger partial charge in [-0.25, -0.2) is 4.98 Å². The maximum atomic E-state index is 5.79. The number of nitrogens with two attached hydrogens (primary N) is 1. The second-order valence-corrected chi connectivity index (χ2v) is 5.74. The third-order valence-electron chi connectivity index (χ3n) is 2.52. The number of thiazole rings is 1. The van der Waals surface area contributed by atoms with Crippen molar-refractivity contribution in [1.29, 1.82) is 0 Å². The van der Waals surface area contributed by atoms with Crippen LogP contribution in [0.4, 0.5) is 0 Å². The van der Waals surface area contributed by atoms with Crippen LogP contribution < -0.4 is 11.1 Å². The summed E-state index contributed by atoms with van der Waals surface area (Å²) < 4.78 is 5.02. The van der Waals surface area contributed by atoms with Crippen LogP contribution in [-0.2, 0) is 11.2 Å². The summed E-state index contributed by atoms with van der Waals surface area (Å²) in [6.07, 6.45) is 0.824. The molecule has 1 unspecified atom stereocenters. The third kappa shape index (κ3) is 6.02. The van der Waals surface area contributed by atoms with Gasteiger partial charge in [-0.1, -0.05) is 13.8 Å². The van der Waals surface area contributed by atoms with E-state index in [2.05, 4.69) is 34.5 Å². The molecule has 0 aliphatic rings. The molecule has 0 spiro atoms. The minimum absolute atomic E-state index is 0.167. The van der Waals surface area contributed by atoms with Gasteiger partial charge in [0.2, 0.25) is 0 Å². The Balaban J connectivity index is 2.35. The van der Waals surface area contributed by atoms with Crippen molar-refractivity contribution in [1.82, 2.24) is 10.3 Å². The van der Waals surface area contributed by atoms with Gasteiger partial charge < -0.3 is 15.8 Å². The summed E-state index contributed by atoms with van der Waals surface area (Å²) >= 11 is 1.71. The molecule has 0 aromatic carbocycles. The molecular formula is C13H24N4OS. The van der Waals surface area contributed by atoms with Crippen LogP contribution in [0.15, 0.2) is 10.4 Å². The fourth-order valence-electron chi connectivity index (χ4n) is 1.58. The van der Waals surface area contributed by atoms with Crippen LogP contribution in [0.1, 0.15) is 37.4 Å². The number of nitrogens with one attached hydrogen (secondary N) is 1. The third-order valence-corrected chi connectivity index (χ3v) is 3.72. The van der Waals surface area contributed by atoms with E-state index in [9.17, 15) is 0 Å². The highest BCUT2D eigenvalue weighted by Gasteiger charge is 2.05. The molecule has 108 valence electrons. The van der Waals surface area contributed by atoms with E-state index in [1.807, 2.05) is 6.92 Å². The quantitative estimate of drug-likeness (QED) is 0.591. The van der Waals surface area contributed by atoms with E-state index in [0.29, 0.717) is 25.0 Å². The number of rotatable bonds is 7. The molecule has 0 fully saturated rings. The monoisotopic (exact) mass is 284 g/mol. The Kier molecular flexibility index (Phi) is 6.80. The normalized spacial score (nSPS) is 13.8. The number of methoxy groups -OCH3 is 1. The molecular weight excluding hydrogens is 260 g/mol. The second-order valence-electron chi connectivity index (χ2n) is 4.85. The number of aromatic nitrogens is 1. The molecule has 0 aliphatic heterocycles. The van der Waals surface area contributed by atoms with Crippen LogP contribution in [0.2, 0.25) is 0 Å². The summed E-state index contributed by atoms with van der Waals surface area (Å²) in [6.45, 7) is 7.57. The fourth-order valence-corrected chi connectivity index (χ4v) is 2.45. The van der Waals surface area contributed by atoms with Crippen molar-refractivity contribution >= 4 is 17.3 Å². The Morgan fingerprint density at radius 1 is 1.53 bits per heavy atom. The van der Waals surface area contributed by atoms with E-state index in [-0.39, 0.29) is 6.04 Å². The molecule has 0 amide bonds. The van der Waals surface area contributed by atoms with E-state index < -0.39 is 0 Å². The van der Waals surface area contributed by atoms with Crippen LogP contribution in [0.5, 0.6) is 0 Å². The average Bonchev–Trinajstić information content (AvgIpc) is 2.78. The largest absolute Gasteiger partial charge is 0.383 e.